The fourth-order valence-electron chi connectivity index (χ4n) is 2.60. The van der Waals surface area contributed by atoms with Crippen molar-refractivity contribution in [3.63, 3.8) is 0 Å². The summed E-state index contributed by atoms with van der Waals surface area (Å²) in [4.78, 5) is 38.7. The Balaban J connectivity index is 1.96. The molecule has 0 atom stereocenters. The topological polar surface area (TPSA) is 57.7 Å². The van der Waals surface area contributed by atoms with E-state index in [4.69, 9.17) is 0 Å². The van der Waals surface area contributed by atoms with Crippen LogP contribution in [0.15, 0.2) is 18.2 Å². The van der Waals surface area contributed by atoms with E-state index in [-0.39, 0.29) is 17.7 Å². The Kier molecular flexibility index (Phi) is 2.62. The second-order valence-electron chi connectivity index (χ2n) is 4.93. The summed E-state index contributed by atoms with van der Waals surface area (Å²) in [6.45, 7) is 1.53. The van der Waals surface area contributed by atoms with Crippen LogP contribution in [0.2, 0.25) is 0 Å². The van der Waals surface area contributed by atoms with E-state index in [0.29, 0.717) is 16.7 Å². The van der Waals surface area contributed by atoms with Crippen molar-refractivity contribution in [2.75, 3.05) is 20.1 Å². The Hall–Kier alpha value is -2.17. The molecule has 5 nitrogen and oxygen atoms in total. The molecule has 98 valence electrons. The molecule has 3 rings (SSSR count). The molecule has 0 aromatic heterocycles. The average Bonchev–Trinajstić information content (AvgIpc) is 3.03. The van der Waals surface area contributed by atoms with Crippen molar-refractivity contribution in [2.24, 2.45) is 0 Å². The Morgan fingerprint density at radius 2 is 1.68 bits per heavy atom. The van der Waals surface area contributed by atoms with E-state index in [0.717, 1.165) is 30.8 Å². The molecule has 0 radical (unpaired) electrons. The molecule has 2 aliphatic heterocycles. The van der Waals surface area contributed by atoms with E-state index in [1.165, 1.54) is 7.05 Å². The second kappa shape index (κ2) is 4.19. The minimum absolute atomic E-state index is 0.0601. The number of carbonyl (C=O) groups is 3. The molecule has 2 aliphatic rings. The third kappa shape index (κ3) is 1.73. The average molecular weight is 258 g/mol. The third-order valence-electron chi connectivity index (χ3n) is 3.73. The fourth-order valence-corrected chi connectivity index (χ4v) is 2.60. The first-order valence-corrected chi connectivity index (χ1v) is 6.35. The molecular weight excluding hydrogens is 244 g/mol. The maximum Gasteiger partial charge on any atom is 0.261 e. The number of fused-ring (bicyclic) bond motifs is 1. The van der Waals surface area contributed by atoms with Crippen LogP contribution in [0, 0.1) is 0 Å². The van der Waals surface area contributed by atoms with Gasteiger partial charge in [0.15, 0.2) is 0 Å². The summed E-state index contributed by atoms with van der Waals surface area (Å²) in [5.41, 5.74) is 1.19. The molecule has 0 saturated carbocycles. The zero-order chi connectivity index (χ0) is 13.6. The molecule has 1 aromatic carbocycles. The van der Waals surface area contributed by atoms with E-state index >= 15 is 0 Å². The van der Waals surface area contributed by atoms with Crippen LogP contribution in [0.4, 0.5) is 0 Å². The number of amides is 3. The summed E-state index contributed by atoms with van der Waals surface area (Å²) < 4.78 is 0. The highest BCUT2D eigenvalue weighted by Crippen LogP contribution is 2.24. The van der Waals surface area contributed by atoms with Crippen molar-refractivity contribution < 1.29 is 14.4 Å². The van der Waals surface area contributed by atoms with E-state index in [1.54, 1.807) is 23.1 Å². The smallest absolute Gasteiger partial charge is 0.261 e. The van der Waals surface area contributed by atoms with Gasteiger partial charge in [0, 0.05) is 25.7 Å². The van der Waals surface area contributed by atoms with Gasteiger partial charge in [-0.25, -0.2) is 0 Å². The predicted molar refractivity (Wildman–Crippen MR) is 68.0 cm³/mol. The molecular formula is C14H14N2O3. The number of carbonyl (C=O) groups excluding carboxylic acids is 3. The molecule has 0 bridgehead atoms. The van der Waals surface area contributed by atoms with Crippen molar-refractivity contribution in [1.82, 2.24) is 9.80 Å². The molecule has 0 unspecified atom stereocenters. The lowest BCUT2D eigenvalue weighted by Crippen LogP contribution is -2.27. The minimum atomic E-state index is -0.337. The quantitative estimate of drug-likeness (QED) is 0.710. The SMILES string of the molecule is CN1C(=O)c2ccc(C(=O)N3CCCC3)cc2C1=O. The number of nitrogens with zero attached hydrogens (tertiary/aromatic N) is 2. The van der Waals surface area contributed by atoms with Gasteiger partial charge in [-0.2, -0.15) is 0 Å². The Labute approximate surface area is 110 Å². The largest absolute Gasteiger partial charge is 0.339 e. The van der Waals surface area contributed by atoms with Crippen molar-refractivity contribution in [3.8, 4) is 0 Å². The number of rotatable bonds is 1. The maximum absolute atomic E-state index is 12.2. The normalized spacial score (nSPS) is 18.2. The zero-order valence-corrected chi connectivity index (χ0v) is 10.7. The number of hydrogen-bond acceptors (Lipinski definition) is 3. The zero-order valence-electron chi connectivity index (χ0n) is 10.7. The summed E-state index contributed by atoms with van der Waals surface area (Å²) in [5, 5.41) is 0. The number of benzene rings is 1. The van der Waals surface area contributed by atoms with E-state index in [1.807, 2.05) is 0 Å². The summed E-state index contributed by atoms with van der Waals surface area (Å²) >= 11 is 0. The van der Waals surface area contributed by atoms with Crippen LogP contribution < -0.4 is 0 Å². The first-order chi connectivity index (χ1) is 9.09. The summed E-state index contributed by atoms with van der Waals surface area (Å²) in [7, 11) is 1.45. The lowest BCUT2D eigenvalue weighted by atomic mass is 10.0. The lowest BCUT2D eigenvalue weighted by Gasteiger charge is -2.15. The molecule has 0 spiro atoms. The Morgan fingerprint density at radius 3 is 2.37 bits per heavy atom. The predicted octanol–water partition coefficient (Wildman–Crippen LogP) is 1.15. The highest BCUT2D eigenvalue weighted by Gasteiger charge is 2.33. The third-order valence-corrected chi connectivity index (χ3v) is 3.73. The van der Waals surface area contributed by atoms with Crippen molar-refractivity contribution in [2.45, 2.75) is 12.8 Å². The summed E-state index contributed by atoms with van der Waals surface area (Å²) in [6, 6.07) is 4.74. The van der Waals surface area contributed by atoms with E-state index < -0.39 is 0 Å². The molecule has 0 aliphatic carbocycles. The van der Waals surface area contributed by atoms with Crippen LogP contribution in [-0.2, 0) is 0 Å². The van der Waals surface area contributed by atoms with E-state index in [9.17, 15) is 14.4 Å². The molecule has 5 heteroatoms. The second-order valence-corrected chi connectivity index (χ2v) is 4.93. The van der Waals surface area contributed by atoms with Crippen molar-refractivity contribution in [1.29, 1.82) is 0 Å². The number of imide groups is 1. The van der Waals surface area contributed by atoms with Gasteiger partial charge in [-0.1, -0.05) is 0 Å². The Morgan fingerprint density at radius 1 is 1.05 bits per heavy atom. The molecule has 1 fully saturated rings. The van der Waals surface area contributed by atoms with Crippen LogP contribution in [0.5, 0.6) is 0 Å². The summed E-state index contributed by atoms with van der Waals surface area (Å²) in [6.07, 6.45) is 2.05. The molecule has 0 N–H and O–H groups in total. The molecule has 1 saturated heterocycles. The van der Waals surface area contributed by atoms with Gasteiger partial charge in [-0.15, -0.1) is 0 Å². The molecule has 1 aromatic rings. The van der Waals surface area contributed by atoms with E-state index in [2.05, 4.69) is 0 Å². The fraction of sp³-hybridized carbons (Fsp3) is 0.357. The van der Waals surface area contributed by atoms with Gasteiger partial charge in [0.25, 0.3) is 17.7 Å². The highest BCUT2D eigenvalue weighted by molar-refractivity contribution is 6.21. The van der Waals surface area contributed by atoms with Crippen LogP contribution in [0.1, 0.15) is 43.9 Å². The van der Waals surface area contributed by atoms with Gasteiger partial charge in [0.1, 0.15) is 0 Å². The first-order valence-electron chi connectivity index (χ1n) is 6.35. The van der Waals surface area contributed by atoms with Crippen LogP contribution in [0.3, 0.4) is 0 Å². The molecule has 19 heavy (non-hydrogen) atoms. The van der Waals surface area contributed by atoms with Gasteiger partial charge in [-0.05, 0) is 31.0 Å². The first kappa shape index (κ1) is 11.9. The Bertz CT molecular complexity index is 588. The van der Waals surface area contributed by atoms with Gasteiger partial charge >= 0.3 is 0 Å². The van der Waals surface area contributed by atoms with Crippen molar-refractivity contribution in [3.05, 3.63) is 34.9 Å². The standard InChI is InChI=1S/C14H14N2O3/c1-15-13(18)10-5-4-9(8-11(10)14(15)19)12(17)16-6-2-3-7-16/h4-5,8H,2-3,6-7H2,1H3. The monoisotopic (exact) mass is 258 g/mol. The van der Waals surface area contributed by atoms with Crippen LogP contribution in [-0.4, -0.2) is 47.7 Å². The molecule has 3 amide bonds. The summed E-state index contributed by atoms with van der Waals surface area (Å²) in [5.74, 6) is -0.702. The van der Waals surface area contributed by atoms with Crippen LogP contribution in [0.25, 0.3) is 0 Å². The lowest BCUT2D eigenvalue weighted by molar-refractivity contribution is 0.0692. The minimum Gasteiger partial charge on any atom is -0.339 e. The van der Waals surface area contributed by atoms with Gasteiger partial charge < -0.3 is 4.90 Å². The van der Waals surface area contributed by atoms with Crippen LogP contribution >= 0.6 is 0 Å². The van der Waals surface area contributed by atoms with Crippen molar-refractivity contribution >= 4 is 17.7 Å². The van der Waals surface area contributed by atoms with Gasteiger partial charge in [0.05, 0.1) is 11.1 Å². The van der Waals surface area contributed by atoms with Gasteiger partial charge in [0.2, 0.25) is 0 Å². The molecule has 2 heterocycles. The maximum atomic E-state index is 12.2. The number of hydrogen-bond donors (Lipinski definition) is 0. The van der Waals surface area contributed by atoms with Gasteiger partial charge in [-0.3, -0.25) is 19.3 Å². The number of likely N-dealkylation sites (tertiary alicyclic amines) is 1. The highest BCUT2D eigenvalue weighted by atomic mass is 16.2.